The van der Waals surface area contributed by atoms with E-state index in [2.05, 4.69) is 75.5 Å². The molecule has 0 fully saturated rings. The van der Waals surface area contributed by atoms with Crippen LogP contribution >= 0.6 is 0 Å². The van der Waals surface area contributed by atoms with E-state index in [4.69, 9.17) is 0 Å². The van der Waals surface area contributed by atoms with Crippen LogP contribution in [-0.4, -0.2) is 5.91 Å². The van der Waals surface area contributed by atoms with Crippen molar-refractivity contribution in [3.8, 4) is 0 Å². The quantitative estimate of drug-likeness (QED) is 0.691. The summed E-state index contributed by atoms with van der Waals surface area (Å²) < 4.78 is 0. The van der Waals surface area contributed by atoms with Crippen LogP contribution in [0.3, 0.4) is 0 Å². The lowest BCUT2D eigenvalue weighted by molar-refractivity contribution is -0.111. The molecule has 2 aromatic rings. The molecule has 0 aliphatic rings. The van der Waals surface area contributed by atoms with Gasteiger partial charge in [0.1, 0.15) is 0 Å². The molecule has 0 unspecified atom stereocenters. The van der Waals surface area contributed by atoms with Crippen molar-refractivity contribution in [1.82, 2.24) is 0 Å². The van der Waals surface area contributed by atoms with Crippen molar-refractivity contribution in [2.45, 2.75) is 46.5 Å². The van der Waals surface area contributed by atoms with Crippen molar-refractivity contribution in [3.63, 3.8) is 0 Å². The van der Waals surface area contributed by atoms with Crippen molar-refractivity contribution in [3.05, 3.63) is 70.8 Å². The van der Waals surface area contributed by atoms with Crippen molar-refractivity contribution in [2.24, 2.45) is 0 Å². The summed E-state index contributed by atoms with van der Waals surface area (Å²) in [7, 11) is 0. The fourth-order valence-electron chi connectivity index (χ4n) is 2.73. The molecule has 0 saturated carbocycles. The lowest BCUT2D eigenvalue weighted by atomic mass is 10.0. The van der Waals surface area contributed by atoms with Gasteiger partial charge >= 0.3 is 0 Å². The second kappa shape index (κ2) is 8.49. The molecule has 126 valence electrons. The highest BCUT2D eigenvalue weighted by Crippen LogP contribution is 2.22. The average molecular weight is 321 g/mol. The third-order valence-corrected chi connectivity index (χ3v) is 4.28. The van der Waals surface area contributed by atoms with Gasteiger partial charge in [-0.05, 0) is 47.1 Å². The number of hydrogen-bond acceptors (Lipinski definition) is 1. The molecule has 2 rings (SSSR count). The number of amides is 1. The van der Waals surface area contributed by atoms with Crippen LogP contribution in [0.4, 0.5) is 5.69 Å². The minimum absolute atomic E-state index is 0.0847. The van der Waals surface area contributed by atoms with Gasteiger partial charge in [-0.2, -0.15) is 0 Å². The fourth-order valence-corrected chi connectivity index (χ4v) is 2.73. The van der Waals surface area contributed by atoms with Gasteiger partial charge in [-0.15, -0.1) is 0 Å². The Morgan fingerprint density at radius 2 is 1.58 bits per heavy atom. The molecular formula is C22H27NO. The lowest BCUT2D eigenvalue weighted by Crippen LogP contribution is -2.11. The van der Waals surface area contributed by atoms with Crippen molar-refractivity contribution in [1.29, 1.82) is 0 Å². The van der Waals surface area contributed by atoms with Gasteiger partial charge in [-0.25, -0.2) is 0 Å². The Morgan fingerprint density at radius 1 is 1.00 bits per heavy atom. The van der Waals surface area contributed by atoms with E-state index in [1.54, 1.807) is 6.08 Å². The minimum Gasteiger partial charge on any atom is -0.322 e. The maximum atomic E-state index is 12.3. The number of carbonyl (C=O) groups excluding carboxylic acids is 1. The van der Waals surface area contributed by atoms with Crippen LogP contribution in [0, 0.1) is 0 Å². The predicted molar refractivity (Wildman–Crippen MR) is 103 cm³/mol. The van der Waals surface area contributed by atoms with E-state index in [0.29, 0.717) is 5.92 Å². The maximum Gasteiger partial charge on any atom is 0.248 e. The zero-order valence-corrected chi connectivity index (χ0v) is 15.1. The largest absolute Gasteiger partial charge is 0.322 e. The van der Waals surface area contributed by atoms with E-state index < -0.39 is 0 Å². The molecule has 2 heteroatoms. The zero-order chi connectivity index (χ0) is 17.5. The molecule has 0 saturated heterocycles. The van der Waals surface area contributed by atoms with Gasteiger partial charge in [0.25, 0.3) is 0 Å². The maximum absolute atomic E-state index is 12.3. The van der Waals surface area contributed by atoms with Crippen LogP contribution in [0.25, 0.3) is 6.08 Å². The van der Waals surface area contributed by atoms with Gasteiger partial charge in [0.15, 0.2) is 0 Å². The summed E-state index contributed by atoms with van der Waals surface area (Å²) in [6, 6.07) is 14.5. The Morgan fingerprint density at radius 3 is 2.08 bits per heavy atom. The summed E-state index contributed by atoms with van der Waals surface area (Å²) in [4.78, 5) is 12.3. The Bertz CT molecular complexity index is 689. The van der Waals surface area contributed by atoms with Crippen molar-refractivity contribution in [2.75, 3.05) is 5.32 Å². The summed E-state index contributed by atoms with van der Waals surface area (Å²) in [6.07, 6.45) is 5.28. The number of nitrogens with one attached hydrogen (secondary N) is 1. The second-order valence-electron chi connectivity index (χ2n) is 6.30. The smallest absolute Gasteiger partial charge is 0.248 e. The minimum atomic E-state index is -0.0847. The van der Waals surface area contributed by atoms with E-state index in [-0.39, 0.29) is 5.91 Å². The Balaban J connectivity index is 2.10. The van der Waals surface area contributed by atoms with Crippen molar-refractivity contribution >= 4 is 17.7 Å². The van der Waals surface area contributed by atoms with Crippen LogP contribution in [0.5, 0.6) is 0 Å². The Kier molecular flexibility index (Phi) is 6.36. The summed E-state index contributed by atoms with van der Waals surface area (Å²) in [5, 5.41) is 3.06. The van der Waals surface area contributed by atoms with Crippen LogP contribution in [0.1, 0.15) is 55.9 Å². The second-order valence-corrected chi connectivity index (χ2v) is 6.30. The molecule has 0 aliphatic carbocycles. The molecular weight excluding hydrogens is 294 g/mol. The highest BCUT2D eigenvalue weighted by molar-refractivity contribution is 6.02. The summed E-state index contributed by atoms with van der Waals surface area (Å²) in [6.45, 7) is 8.57. The number of anilines is 1. The predicted octanol–water partition coefficient (Wildman–Crippen LogP) is 5.59. The van der Waals surface area contributed by atoms with Gasteiger partial charge in [0.05, 0.1) is 0 Å². The third-order valence-electron chi connectivity index (χ3n) is 4.28. The first kappa shape index (κ1) is 18.0. The third kappa shape index (κ3) is 4.58. The van der Waals surface area contributed by atoms with Gasteiger partial charge < -0.3 is 5.32 Å². The van der Waals surface area contributed by atoms with Crippen LogP contribution in [0.2, 0.25) is 0 Å². The molecule has 0 heterocycles. The number of carbonyl (C=O) groups is 1. The van der Waals surface area contributed by atoms with E-state index >= 15 is 0 Å². The monoisotopic (exact) mass is 321 g/mol. The Labute approximate surface area is 145 Å². The first-order valence-electron chi connectivity index (χ1n) is 8.74. The van der Waals surface area contributed by atoms with Gasteiger partial charge in [0, 0.05) is 11.8 Å². The van der Waals surface area contributed by atoms with Crippen LogP contribution in [-0.2, 0) is 17.6 Å². The van der Waals surface area contributed by atoms with E-state index in [1.165, 1.54) is 16.7 Å². The molecule has 2 aromatic carbocycles. The summed E-state index contributed by atoms with van der Waals surface area (Å²) in [5.41, 5.74) is 5.66. The molecule has 0 aliphatic heterocycles. The number of rotatable bonds is 6. The first-order valence-corrected chi connectivity index (χ1v) is 8.74. The standard InChI is InChI=1S/C22H27NO/c1-5-18-8-7-9-19(6-2)22(18)23-21(24)15-12-17-10-13-20(14-11-17)16(3)4/h7-16H,5-6H2,1-4H3,(H,23,24)/b15-12+. The number of para-hydroxylation sites is 1. The molecule has 2 nitrogen and oxygen atoms in total. The van der Waals surface area contributed by atoms with E-state index in [9.17, 15) is 4.79 Å². The molecule has 1 N–H and O–H groups in total. The van der Waals surface area contributed by atoms with Crippen LogP contribution < -0.4 is 5.32 Å². The number of hydrogen-bond donors (Lipinski definition) is 1. The molecule has 0 spiro atoms. The average Bonchev–Trinajstić information content (AvgIpc) is 2.60. The summed E-state index contributed by atoms with van der Waals surface area (Å²) in [5.74, 6) is 0.433. The highest BCUT2D eigenvalue weighted by Gasteiger charge is 2.08. The zero-order valence-electron chi connectivity index (χ0n) is 15.1. The molecule has 0 bridgehead atoms. The normalized spacial score (nSPS) is 11.2. The Hall–Kier alpha value is -2.35. The first-order chi connectivity index (χ1) is 11.5. The number of aryl methyl sites for hydroxylation is 2. The van der Waals surface area contributed by atoms with Crippen molar-refractivity contribution < 1.29 is 4.79 Å². The van der Waals surface area contributed by atoms with E-state index in [0.717, 1.165) is 24.1 Å². The molecule has 0 atom stereocenters. The van der Waals surface area contributed by atoms with Gasteiger partial charge in [-0.3, -0.25) is 4.79 Å². The van der Waals surface area contributed by atoms with E-state index in [1.807, 2.05) is 6.08 Å². The summed E-state index contributed by atoms with van der Waals surface area (Å²) >= 11 is 0. The molecule has 0 radical (unpaired) electrons. The number of benzene rings is 2. The topological polar surface area (TPSA) is 29.1 Å². The van der Waals surface area contributed by atoms with Gasteiger partial charge in [-0.1, -0.05) is 70.2 Å². The van der Waals surface area contributed by atoms with Crippen LogP contribution in [0.15, 0.2) is 48.5 Å². The molecule has 1 amide bonds. The highest BCUT2D eigenvalue weighted by atomic mass is 16.1. The lowest BCUT2D eigenvalue weighted by Gasteiger charge is -2.13. The van der Waals surface area contributed by atoms with Gasteiger partial charge in [0.2, 0.25) is 5.91 Å². The molecule has 24 heavy (non-hydrogen) atoms. The molecule has 0 aromatic heterocycles. The SMILES string of the molecule is CCc1cccc(CC)c1NC(=O)/C=C/c1ccc(C(C)C)cc1. The fraction of sp³-hybridized carbons (Fsp3) is 0.318.